The number of hydrogen-bond donors (Lipinski definition) is 2. The lowest BCUT2D eigenvalue weighted by atomic mass is 10.2. The van der Waals surface area contributed by atoms with Gasteiger partial charge >= 0.3 is 0 Å². The van der Waals surface area contributed by atoms with Crippen LogP contribution in [0.1, 0.15) is 11.4 Å². The van der Waals surface area contributed by atoms with Gasteiger partial charge in [-0.25, -0.2) is 4.98 Å². The zero-order valence-electron chi connectivity index (χ0n) is 14.5. The zero-order chi connectivity index (χ0) is 19.0. The largest absolute Gasteiger partial charge is 0.349 e. The average molecular weight is 383 g/mol. The second kappa shape index (κ2) is 6.51. The molecule has 2 N–H and O–H groups in total. The van der Waals surface area contributed by atoms with E-state index in [4.69, 9.17) is 0 Å². The Labute approximate surface area is 156 Å². The molecule has 0 unspecified atom stereocenters. The lowest BCUT2D eigenvalue weighted by molar-refractivity contribution is -0.121. The van der Waals surface area contributed by atoms with Crippen molar-refractivity contribution in [3.8, 4) is 0 Å². The second-order valence-corrected chi connectivity index (χ2v) is 7.79. The molecule has 0 radical (unpaired) electrons. The van der Waals surface area contributed by atoms with Crippen molar-refractivity contribution >= 4 is 32.8 Å². The summed E-state index contributed by atoms with van der Waals surface area (Å²) in [5, 5.41) is 2.78. The van der Waals surface area contributed by atoms with Crippen LogP contribution in [0.25, 0.3) is 11.0 Å². The normalized spacial score (nSPS) is 14.6. The van der Waals surface area contributed by atoms with E-state index >= 15 is 0 Å². The van der Waals surface area contributed by atoms with Gasteiger partial charge in [0.15, 0.2) is 5.84 Å². The van der Waals surface area contributed by atoms with Crippen LogP contribution in [0.3, 0.4) is 0 Å². The highest BCUT2D eigenvalue weighted by atomic mass is 32.2. The van der Waals surface area contributed by atoms with Gasteiger partial charge in [0.25, 0.3) is 10.0 Å². The highest BCUT2D eigenvalue weighted by Gasteiger charge is 2.30. The van der Waals surface area contributed by atoms with Crippen molar-refractivity contribution in [3.63, 3.8) is 0 Å². The third-order valence-corrected chi connectivity index (χ3v) is 5.57. The summed E-state index contributed by atoms with van der Waals surface area (Å²) in [6.45, 7) is 0.228. The Morgan fingerprint density at radius 3 is 2.70 bits per heavy atom. The van der Waals surface area contributed by atoms with E-state index in [1.807, 2.05) is 24.3 Å². The molecule has 0 aliphatic carbocycles. The lowest BCUT2D eigenvalue weighted by Gasteiger charge is -2.18. The molecular weight excluding hydrogens is 366 g/mol. The molecule has 3 aromatic rings. The molecule has 0 bridgehead atoms. The first-order valence-corrected chi connectivity index (χ1v) is 9.74. The number of aromatic amines is 1. The molecule has 1 aromatic heterocycles. The monoisotopic (exact) mass is 383 g/mol. The molecule has 138 valence electrons. The molecule has 8 nitrogen and oxygen atoms in total. The minimum absolute atomic E-state index is 0.0249. The summed E-state index contributed by atoms with van der Waals surface area (Å²) in [4.78, 5) is 21.5. The maximum atomic E-state index is 12.3. The zero-order valence-corrected chi connectivity index (χ0v) is 15.3. The molecule has 0 fully saturated rings. The Bertz CT molecular complexity index is 1130. The number of benzene rings is 2. The topological polar surface area (TPSA) is 108 Å². The van der Waals surface area contributed by atoms with Crippen LogP contribution >= 0.6 is 0 Å². The Hall–Kier alpha value is -3.20. The van der Waals surface area contributed by atoms with E-state index in [2.05, 4.69) is 19.7 Å². The summed E-state index contributed by atoms with van der Waals surface area (Å²) in [7, 11) is -2.07. The first-order valence-electron chi connectivity index (χ1n) is 8.30. The smallest absolute Gasteiger partial charge is 0.285 e. The van der Waals surface area contributed by atoms with E-state index in [9.17, 15) is 13.2 Å². The van der Waals surface area contributed by atoms with Crippen LogP contribution in [0, 0.1) is 0 Å². The summed E-state index contributed by atoms with van der Waals surface area (Å²) in [5.41, 5.74) is 2.24. The number of aromatic nitrogens is 2. The third kappa shape index (κ3) is 3.28. The predicted octanol–water partition coefficient (Wildman–Crippen LogP) is 1.26. The number of nitrogens with zero attached hydrogens (tertiary/aromatic N) is 3. The minimum Gasteiger partial charge on any atom is -0.349 e. The van der Waals surface area contributed by atoms with Crippen LogP contribution in [-0.4, -0.2) is 48.6 Å². The molecule has 27 heavy (non-hydrogen) atoms. The molecule has 1 aliphatic rings. The Morgan fingerprint density at radius 1 is 1.15 bits per heavy atom. The van der Waals surface area contributed by atoms with E-state index < -0.39 is 10.0 Å². The van der Waals surface area contributed by atoms with E-state index in [0.29, 0.717) is 11.4 Å². The number of amidine groups is 1. The van der Waals surface area contributed by atoms with E-state index in [1.54, 1.807) is 25.2 Å². The van der Waals surface area contributed by atoms with Crippen LogP contribution in [0.2, 0.25) is 0 Å². The first kappa shape index (κ1) is 17.2. The summed E-state index contributed by atoms with van der Waals surface area (Å²) in [6, 6.07) is 14.2. The highest BCUT2D eigenvalue weighted by molar-refractivity contribution is 7.90. The van der Waals surface area contributed by atoms with Gasteiger partial charge in [0.05, 0.1) is 24.1 Å². The molecular formula is C18H17N5O3S. The standard InChI is InChI=1S/C18H17N5O3S/c1-23(18-12-6-2-5-9-15(12)27(25,26)22-18)11-17(24)19-10-16-20-13-7-3-4-8-14(13)21-16/h2-9H,10-11H2,1H3,(H,19,24)(H,20,21). The van der Waals surface area contributed by atoms with E-state index in [-0.39, 0.29) is 29.7 Å². The number of carbonyl (C=O) groups excluding carboxylic acids is 1. The van der Waals surface area contributed by atoms with Gasteiger partial charge in [-0.2, -0.15) is 8.42 Å². The van der Waals surface area contributed by atoms with Gasteiger partial charge in [-0.1, -0.05) is 24.3 Å². The fourth-order valence-electron chi connectivity index (χ4n) is 2.98. The Balaban J connectivity index is 1.42. The Kier molecular flexibility index (Phi) is 4.15. The molecule has 2 heterocycles. The molecule has 1 aliphatic heterocycles. The van der Waals surface area contributed by atoms with Crippen LogP contribution in [0.5, 0.6) is 0 Å². The van der Waals surface area contributed by atoms with Crippen molar-refractivity contribution in [2.75, 3.05) is 13.6 Å². The number of imidazole rings is 1. The van der Waals surface area contributed by atoms with Crippen molar-refractivity contribution in [2.24, 2.45) is 4.40 Å². The number of carbonyl (C=O) groups is 1. The number of fused-ring (bicyclic) bond motifs is 2. The van der Waals surface area contributed by atoms with Crippen LogP contribution < -0.4 is 5.32 Å². The van der Waals surface area contributed by atoms with Gasteiger partial charge in [0, 0.05) is 12.6 Å². The summed E-state index contributed by atoms with van der Waals surface area (Å²) in [6.07, 6.45) is 0. The summed E-state index contributed by atoms with van der Waals surface area (Å²) < 4.78 is 28.0. The molecule has 4 rings (SSSR count). The quantitative estimate of drug-likeness (QED) is 0.705. The van der Waals surface area contributed by atoms with Crippen molar-refractivity contribution in [2.45, 2.75) is 11.4 Å². The van der Waals surface area contributed by atoms with Crippen LogP contribution in [0.15, 0.2) is 57.8 Å². The van der Waals surface area contributed by atoms with Crippen LogP contribution in [-0.2, 0) is 21.4 Å². The number of hydrogen-bond acceptors (Lipinski definition) is 5. The van der Waals surface area contributed by atoms with Gasteiger partial charge in [-0.15, -0.1) is 4.40 Å². The van der Waals surface area contributed by atoms with Crippen molar-refractivity contribution in [1.29, 1.82) is 0 Å². The van der Waals surface area contributed by atoms with E-state index in [0.717, 1.165) is 11.0 Å². The van der Waals surface area contributed by atoms with E-state index in [1.165, 1.54) is 11.0 Å². The molecule has 1 amide bonds. The highest BCUT2D eigenvalue weighted by Crippen LogP contribution is 2.26. The van der Waals surface area contributed by atoms with Gasteiger partial charge < -0.3 is 15.2 Å². The molecule has 2 aromatic carbocycles. The fraction of sp³-hybridized carbons (Fsp3) is 0.167. The summed E-state index contributed by atoms with van der Waals surface area (Å²) >= 11 is 0. The number of H-pyrrole nitrogens is 1. The number of nitrogens with one attached hydrogen (secondary N) is 2. The number of likely N-dealkylation sites (N-methyl/N-ethyl adjacent to an activating group) is 1. The number of amides is 1. The fourth-order valence-corrected chi connectivity index (χ4v) is 4.23. The molecule has 0 saturated carbocycles. The minimum atomic E-state index is -3.71. The predicted molar refractivity (Wildman–Crippen MR) is 101 cm³/mol. The average Bonchev–Trinajstić information content (AvgIpc) is 3.19. The van der Waals surface area contributed by atoms with Crippen LogP contribution in [0.4, 0.5) is 0 Å². The SMILES string of the molecule is CN(CC(=O)NCc1nc2ccccc2[nH]1)C1=NS(=O)(=O)c2ccccc21. The molecule has 0 spiro atoms. The van der Waals surface area contributed by atoms with Crippen molar-refractivity contribution < 1.29 is 13.2 Å². The van der Waals surface area contributed by atoms with Crippen molar-refractivity contribution in [1.82, 2.24) is 20.2 Å². The van der Waals surface area contributed by atoms with Gasteiger partial charge in [0.2, 0.25) is 5.91 Å². The third-order valence-electron chi connectivity index (χ3n) is 4.25. The molecule has 0 atom stereocenters. The van der Waals surface area contributed by atoms with Gasteiger partial charge in [0.1, 0.15) is 10.7 Å². The maximum absolute atomic E-state index is 12.3. The number of rotatable bonds is 4. The van der Waals surface area contributed by atoms with Crippen molar-refractivity contribution in [3.05, 3.63) is 59.9 Å². The molecule has 0 saturated heterocycles. The maximum Gasteiger partial charge on any atom is 0.285 e. The molecule has 9 heteroatoms. The van der Waals surface area contributed by atoms with Gasteiger partial charge in [-0.05, 0) is 24.3 Å². The number of sulfonamides is 1. The second-order valence-electron chi connectivity index (χ2n) is 6.22. The lowest BCUT2D eigenvalue weighted by Crippen LogP contribution is -2.38. The summed E-state index contributed by atoms with van der Waals surface area (Å²) in [5.74, 6) is 0.658. The number of para-hydroxylation sites is 2. The van der Waals surface area contributed by atoms with Gasteiger partial charge in [-0.3, -0.25) is 4.79 Å². The first-order chi connectivity index (χ1) is 12.9. The Morgan fingerprint density at radius 2 is 1.89 bits per heavy atom.